The van der Waals surface area contributed by atoms with Gasteiger partial charge in [0, 0.05) is 12.5 Å². The van der Waals surface area contributed by atoms with Crippen molar-refractivity contribution in [1.29, 1.82) is 0 Å². The van der Waals surface area contributed by atoms with Gasteiger partial charge in [-0.2, -0.15) is 0 Å². The predicted octanol–water partition coefficient (Wildman–Crippen LogP) is 1.54. The number of rotatable bonds is 19. The maximum Gasteiger partial charge on any atom is 0.407 e. The summed E-state index contributed by atoms with van der Waals surface area (Å²) in [6.07, 6.45) is 5.16. The first-order valence-corrected chi connectivity index (χ1v) is 18.0. The highest BCUT2D eigenvalue weighted by Crippen LogP contribution is 2.27. The van der Waals surface area contributed by atoms with Crippen molar-refractivity contribution in [2.75, 3.05) is 26.4 Å². The summed E-state index contributed by atoms with van der Waals surface area (Å²) in [4.78, 5) is 90.8. The molecule has 5 atom stereocenters. The Kier molecular flexibility index (Phi) is 16.8. The lowest BCUT2D eigenvalue weighted by Gasteiger charge is -2.31. The molecule has 0 aromatic heterocycles. The fourth-order valence-corrected chi connectivity index (χ4v) is 6.32. The summed E-state index contributed by atoms with van der Waals surface area (Å²) in [5, 5.41) is 12.9. The number of nitrogens with one attached hydrogen (secondary N) is 5. The molecule has 15 heteroatoms. The van der Waals surface area contributed by atoms with Crippen molar-refractivity contribution in [2.24, 2.45) is 23.5 Å². The van der Waals surface area contributed by atoms with E-state index in [1.54, 1.807) is 37.3 Å². The number of hydrogen-bond donors (Lipinski definition) is 6. The number of benzene rings is 1. The number of nitrogens with two attached hydrogens (primary N) is 1. The van der Waals surface area contributed by atoms with Crippen LogP contribution >= 0.6 is 0 Å². The summed E-state index contributed by atoms with van der Waals surface area (Å²) >= 11 is 0. The molecule has 1 aromatic carbocycles. The number of ketones is 1. The van der Waals surface area contributed by atoms with E-state index in [1.807, 2.05) is 13.8 Å². The minimum Gasteiger partial charge on any atom is -0.449 e. The van der Waals surface area contributed by atoms with Gasteiger partial charge in [0.25, 0.3) is 5.91 Å². The van der Waals surface area contributed by atoms with Crippen LogP contribution < -0.4 is 32.3 Å². The molecular weight excluding hydrogens is 660 g/mol. The number of alkyl carbamates (subject to hydrolysis) is 1. The van der Waals surface area contributed by atoms with Crippen LogP contribution in [0.3, 0.4) is 0 Å². The Bertz CT molecular complexity index is 1350. The minimum atomic E-state index is -1.23. The molecule has 1 aromatic rings. The zero-order valence-electron chi connectivity index (χ0n) is 29.9. The van der Waals surface area contributed by atoms with Crippen molar-refractivity contribution in [3.05, 3.63) is 35.9 Å². The zero-order valence-corrected chi connectivity index (χ0v) is 29.9. The van der Waals surface area contributed by atoms with Crippen molar-refractivity contribution in [3.8, 4) is 0 Å². The Labute approximate surface area is 299 Å². The van der Waals surface area contributed by atoms with Crippen LogP contribution in [-0.4, -0.2) is 85.9 Å². The van der Waals surface area contributed by atoms with E-state index in [0.717, 1.165) is 38.5 Å². The molecule has 7 N–H and O–H groups in total. The number of amides is 6. The quantitative estimate of drug-likeness (QED) is 0.114. The molecule has 0 radical (unpaired) electrons. The molecule has 6 amide bonds. The third-order valence-corrected chi connectivity index (χ3v) is 9.06. The van der Waals surface area contributed by atoms with Crippen molar-refractivity contribution in [2.45, 2.75) is 103 Å². The van der Waals surface area contributed by atoms with Crippen LogP contribution in [-0.2, 0) is 38.2 Å². The van der Waals surface area contributed by atoms with Crippen LogP contribution in [0.1, 0.15) is 90.2 Å². The van der Waals surface area contributed by atoms with Gasteiger partial charge in [-0.05, 0) is 49.5 Å². The highest BCUT2D eigenvalue weighted by Gasteiger charge is 2.36. The monoisotopic (exact) mass is 714 g/mol. The van der Waals surface area contributed by atoms with Gasteiger partial charge in [0.15, 0.2) is 0 Å². The Morgan fingerprint density at radius 1 is 0.882 bits per heavy atom. The highest BCUT2D eigenvalue weighted by atomic mass is 16.6. The van der Waals surface area contributed by atoms with Gasteiger partial charge < -0.3 is 41.8 Å². The lowest BCUT2D eigenvalue weighted by Crippen LogP contribution is -2.58. The molecule has 15 nitrogen and oxygen atoms in total. The minimum absolute atomic E-state index is 0.0389. The number of primary amides is 1. The van der Waals surface area contributed by atoms with Crippen LogP contribution in [0, 0.1) is 17.8 Å². The molecule has 1 heterocycles. The third-order valence-electron chi connectivity index (χ3n) is 9.06. The summed E-state index contributed by atoms with van der Waals surface area (Å²) in [5.41, 5.74) is 5.89. The summed E-state index contributed by atoms with van der Waals surface area (Å²) in [6.45, 7) is 6.21. The second kappa shape index (κ2) is 21.0. The molecule has 1 aliphatic heterocycles. The molecule has 282 valence electrons. The second-order valence-corrected chi connectivity index (χ2v) is 13.7. The Hall–Kier alpha value is -4.53. The second-order valence-electron chi connectivity index (χ2n) is 13.7. The van der Waals surface area contributed by atoms with E-state index in [4.69, 9.17) is 15.2 Å². The van der Waals surface area contributed by atoms with Gasteiger partial charge in [0.2, 0.25) is 29.4 Å². The summed E-state index contributed by atoms with van der Waals surface area (Å²) in [6, 6.07) is 3.93. The van der Waals surface area contributed by atoms with Gasteiger partial charge in [-0.25, -0.2) is 4.79 Å². The highest BCUT2D eigenvalue weighted by molar-refractivity contribution is 6.38. The standard InChI is InChI=1S/C36H54N6O9/c1-4-11-26(31(44)35(48)38-19-28(43)41-29(32(37)45)24-12-7-5-8-13-24)39-33(46)27(18-22(2)3)40-34(47)30(25-14-9-6-10-15-25)42-36(49)51-21-23-16-17-50-20-23/h5,7-8,12-13,22-23,25-27,29-30H,4,6,9-11,14-21H2,1-3H3,(H2,37,45)(H,38,48)(H,39,46)(H,40,47)(H,41,43)(H,42,49)/t23?,26?,27-,29-,30-/m0/s1. The maximum atomic E-state index is 13.8. The van der Waals surface area contributed by atoms with Gasteiger partial charge in [0.1, 0.15) is 18.1 Å². The van der Waals surface area contributed by atoms with Gasteiger partial charge in [-0.3, -0.25) is 28.8 Å². The van der Waals surface area contributed by atoms with Crippen LogP contribution in [0.5, 0.6) is 0 Å². The van der Waals surface area contributed by atoms with Gasteiger partial charge in [-0.1, -0.05) is 76.8 Å². The van der Waals surface area contributed by atoms with E-state index in [-0.39, 0.29) is 37.2 Å². The number of ether oxygens (including phenoxy) is 2. The fourth-order valence-electron chi connectivity index (χ4n) is 6.32. The van der Waals surface area contributed by atoms with Crippen LogP contribution in [0.15, 0.2) is 30.3 Å². The Morgan fingerprint density at radius 2 is 1.57 bits per heavy atom. The molecule has 3 rings (SSSR count). The smallest absolute Gasteiger partial charge is 0.407 e. The Morgan fingerprint density at radius 3 is 2.18 bits per heavy atom. The molecular formula is C36H54N6O9. The van der Waals surface area contributed by atoms with E-state index in [1.165, 1.54) is 0 Å². The predicted molar refractivity (Wildman–Crippen MR) is 187 cm³/mol. The molecule has 0 bridgehead atoms. The largest absolute Gasteiger partial charge is 0.449 e. The van der Waals surface area contributed by atoms with E-state index >= 15 is 0 Å². The van der Waals surface area contributed by atoms with Gasteiger partial charge in [0.05, 0.1) is 25.8 Å². The van der Waals surface area contributed by atoms with Crippen LogP contribution in [0.2, 0.25) is 0 Å². The van der Waals surface area contributed by atoms with Crippen molar-refractivity contribution >= 4 is 41.4 Å². The molecule has 1 saturated carbocycles. The number of hydrogen-bond acceptors (Lipinski definition) is 9. The molecule has 2 unspecified atom stereocenters. The Balaban J connectivity index is 1.63. The first-order chi connectivity index (χ1) is 24.4. The maximum absolute atomic E-state index is 13.8. The molecule has 51 heavy (non-hydrogen) atoms. The van der Waals surface area contributed by atoms with Gasteiger partial charge >= 0.3 is 6.09 Å². The van der Waals surface area contributed by atoms with Crippen molar-refractivity contribution < 1.29 is 43.0 Å². The first kappa shape index (κ1) is 40.9. The average Bonchev–Trinajstić information content (AvgIpc) is 3.64. The lowest BCUT2D eigenvalue weighted by molar-refractivity contribution is -0.141. The average molecular weight is 715 g/mol. The zero-order chi connectivity index (χ0) is 37.3. The van der Waals surface area contributed by atoms with Gasteiger partial charge in [-0.15, -0.1) is 0 Å². The van der Waals surface area contributed by atoms with E-state index in [2.05, 4.69) is 26.6 Å². The fraction of sp³-hybridized carbons (Fsp3) is 0.639. The molecule has 0 spiro atoms. The van der Waals surface area contributed by atoms with Crippen LogP contribution in [0.4, 0.5) is 4.79 Å². The topological polar surface area (TPSA) is 224 Å². The summed E-state index contributed by atoms with van der Waals surface area (Å²) in [7, 11) is 0. The van der Waals surface area contributed by atoms with Crippen molar-refractivity contribution in [1.82, 2.24) is 26.6 Å². The summed E-state index contributed by atoms with van der Waals surface area (Å²) in [5.74, 6) is -4.91. The van der Waals surface area contributed by atoms with Crippen LogP contribution in [0.25, 0.3) is 0 Å². The van der Waals surface area contributed by atoms with E-state index in [0.29, 0.717) is 25.2 Å². The molecule has 2 fully saturated rings. The normalized spacial score (nSPS) is 18.4. The molecule has 2 aliphatic rings. The summed E-state index contributed by atoms with van der Waals surface area (Å²) < 4.78 is 10.8. The molecule has 1 aliphatic carbocycles. The number of carbonyl (C=O) groups is 7. The SMILES string of the molecule is CCCC(NC(=O)[C@H](CC(C)C)NC(=O)[C@@H](NC(=O)OCC1CCOC1)C1CCCCC1)C(=O)C(=O)NCC(=O)N[C@H](C(N)=O)c1ccccc1. The van der Waals surface area contributed by atoms with E-state index in [9.17, 15) is 33.6 Å². The van der Waals surface area contributed by atoms with Crippen molar-refractivity contribution in [3.63, 3.8) is 0 Å². The third kappa shape index (κ3) is 13.6. The first-order valence-electron chi connectivity index (χ1n) is 18.0. The number of carbonyl (C=O) groups excluding carboxylic acids is 7. The number of Topliss-reactive ketones (excluding diaryl/α,β-unsaturated/α-hetero) is 1. The van der Waals surface area contributed by atoms with E-state index < -0.39 is 72.1 Å². The lowest BCUT2D eigenvalue weighted by atomic mass is 9.83. The molecule has 1 saturated heterocycles.